The summed E-state index contributed by atoms with van der Waals surface area (Å²) in [5.41, 5.74) is 0. The Bertz CT molecular complexity index is 200. The molecule has 0 rings (SSSR count). The SMILES string of the molecule is CCCCCCCCCCCCCCCC(O)N(O)CC. The standard InChI is InChI=1S/C18H39NO2/c1-3-5-6-7-8-9-10-11-12-13-14-15-16-17-18(20)19(21)4-2/h18,20-21H,3-17H2,1-2H3. The molecule has 0 amide bonds. The van der Waals surface area contributed by atoms with Crippen LogP contribution in [-0.2, 0) is 0 Å². The maximum Gasteiger partial charge on any atom is 0.129 e. The summed E-state index contributed by atoms with van der Waals surface area (Å²) in [4.78, 5) is 0. The van der Waals surface area contributed by atoms with Crippen molar-refractivity contribution in [1.29, 1.82) is 0 Å². The first-order chi connectivity index (χ1) is 10.2. The van der Waals surface area contributed by atoms with E-state index in [0.717, 1.165) is 11.5 Å². The first kappa shape index (κ1) is 20.9. The molecule has 3 nitrogen and oxygen atoms in total. The van der Waals surface area contributed by atoms with E-state index in [1.807, 2.05) is 6.92 Å². The minimum atomic E-state index is -0.678. The maximum absolute atomic E-state index is 9.57. The molecule has 3 heteroatoms. The summed E-state index contributed by atoms with van der Waals surface area (Å²) < 4.78 is 0. The quantitative estimate of drug-likeness (QED) is 0.225. The van der Waals surface area contributed by atoms with Crippen molar-refractivity contribution in [2.75, 3.05) is 6.54 Å². The number of aliphatic hydroxyl groups is 1. The molecule has 0 saturated carbocycles. The number of unbranched alkanes of at least 4 members (excludes halogenated alkanes) is 12. The molecule has 0 aliphatic heterocycles. The third kappa shape index (κ3) is 14.6. The van der Waals surface area contributed by atoms with Crippen molar-refractivity contribution in [2.45, 2.75) is 110 Å². The van der Waals surface area contributed by atoms with Gasteiger partial charge < -0.3 is 10.3 Å². The van der Waals surface area contributed by atoms with Crippen molar-refractivity contribution in [3.8, 4) is 0 Å². The Morgan fingerprint density at radius 1 is 0.667 bits per heavy atom. The number of nitrogens with zero attached hydrogens (tertiary/aromatic N) is 1. The topological polar surface area (TPSA) is 43.7 Å². The van der Waals surface area contributed by atoms with Crippen molar-refractivity contribution in [3.63, 3.8) is 0 Å². The van der Waals surface area contributed by atoms with Crippen LogP contribution >= 0.6 is 0 Å². The van der Waals surface area contributed by atoms with Gasteiger partial charge in [-0.05, 0) is 19.8 Å². The van der Waals surface area contributed by atoms with Gasteiger partial charge in [-0.3, -0.25) is 0 Å². The molecule has 2 N–H and O–H groups in total. The molecular weight excluding hydrogens is 262 g/mol. The Labute approximate surface area is 132 Å². The summed E-state index contributed by atoms with van der Waals surface area (Å²) in [6, 6.07) is 0. The lowest BCUT2D eigenvalue weighted by Crippen LogP contribution is -2.31. The van der Waals surface area contributed by atoms with Crippen LogP contribution in [0, 0.1) is 0 Å². The molecule has 0 aliphatic carbocycles. The summed E-state index contributed by atoms with van der Waals surface area (Å²) in [6.07, 6.45) is 17.4. The molecule has 0 saturated heterocycles. The second-order valence-corrected chi connectivity index (χ2v) is 6.27. The van der Waals surface area contributed by atoms with Crippen molar-refractivity contribution >= 4 is 0 Å². The molecule has 0 aromatic carbocycles. The van der Waals surface area contributed by atoms with E-state index >= 15 is 0 Å². The maximum atomic E-state index is 9.57. The number of hydroxylamine groups is 2. The minimum absolute atomic E-state index is 0.486. The summed E-state index contributed by atoms with van der Waals surface area (Å²) in [7, 11) is 0. The van der Waals surface area contributed by atoms with Crippen LogP contribution in [0.3, 0.4) is 0 Å². The predicted molar refractivity (Wildman–Crippen MR) is 90.5 cm³/mol. The number of hydrogen-bond donors (Lipinski definition) is 2. The van der Waals surface area contributed by atoms with E-state index in [-0.39, 0.29) is 0 Å². The predicted octanol–water partition coefficient (Wildman–Crippen LogP) is 5.50. The van der Waals surface area contributed by atoms with Crippen LogP contribution in [0.15, 0.2) is 0 Å². The van der Waals surface area contributed by atoms with E-state index in [0.29, 0.717) is 13.0 Å². The van der Waals surface area contributed by atoms with E-state index in [1.165, 1.54) is 77.0 Å². The van der Waals surface area contributed by atoms with Crippen LogP contribution < -0.4 is 0 Å². The first-order valence-corrected chi connectivity index (χ1v) is 9.36. The van der Waals surface area contributed by atoms with Gasteiger partial charge in [-0.25, -0.2) is 0 Å². The van der Waals surface area contributed by atoms with Gasteiger partial charge in [0.05, 0.1) is 0 Å². The van der Waals surface area contributed by atoms with Crippen LogP contribution in [0.1, 0.15) is 104 Å². The molecule has 0 radical (unpaired) electrons. The van der Waals surface area contributed by atoms with Crippen LogP contribution in [0.4, 0.5) is 0 Å². The highest BCUT2D eigenvalue weighted by Crippen LogP contribution is 2.13. The Morgan fingerprint density at radius 2 is 1.05 bits per heavy atom. The fourth-order valence-electron chi connectivity index (χ4n) is 2.70. The van der Waals surface area contributed by atoms with Crippen LogP contribution in [-0.4, -0.2) is 28.1 Å². The molecule has 0 heterocycles. The molecule has 0 aromatic heterocycles. The number of aliphatic hydroxyl groups excluding tert-OH is 1. The zero-order valence-corrected chi connectivity index (χ0v) is 14.5. The van der Waals surface area contributed by atoms with E-state index in [2.05, 4.69) is 6.92 Å². The Kier molecular flexibility index (Phi) is 16.2. The van der Waals surface area contributed by atoms with E-state index in [9.17, 15) is 10.3 Å². The van der Waals surface area contributed by atoms with E-state index < -0.39 is 6.23 Å². The smallest absolute Gasteiger partial charge is 0.129 e. The average Bonchev–Trinajstić information content (AvgIpc) is 2.50. The van der Waals surface area contributed by atoms with E-state index in [1.54, 1.807) is 0 Å². The van der Waals surface area contributed by atoms with Gasteiger partial charge in [0.2, 0.25) is 0 Å². The van der Waals surface area contributed by atoms with Gasteiger partial charge in [0.15, 0.2) is 0 Å². The van der Waals surface area contributed by atoms with Crippen LogP contribution in [0.25, 0.3) is 0 Å². The van der Waals surface area contributed by atoms with Crippen molar-refractivity contribution in [2.24, 2.45) is 0 Å². The third-order valence-electron chi connectivity index (χ3n) is 4.23. The summed E-state index contributed by atoms with van der Waals surface area (Å²) in [5, 5.41) is 19.9. The average molecular weight is 302 g/mol. The lowest BCUT2D eigenvalue weighted by Gasteiger charge is -2.19. The highest BCUT2D eigenvalue weighted by atomic mass is 16.5. The lowest BCUT2D eigenvalue weighted by atomic mass is 10.0. The number of hydrogen-bond acceptors (Lipinski definition) is 3. The highest BCUT2D eigenvalue weighted by molar-refractivity contribution is 4.53. The molecule has 0 fully saturated rings. The zero-order chi connectivity index (χ0) is 15.8. The molecule has 128 valence electrons. The normalized spacial score (nSPS) is 13.0. The second-order valence-electron chi connectivity index (χ2n) is 6.27. The molecule has 0 bridgehead atoms. The Balaban J connectivity index is 3.09. The summed E-state index contributed by atoms with van der Waals surface area (Å²) in [5.74, 6) is 0. The Hall–Kier alpha value is -0.120. The molecule has 0 aromatic rings. The molecule has 21 heavy (non-hydrogen) atoms. The third-order valence-corrected chi connectivity index (χ3v) is 4.23. The second kappa shape index (κ2) is 16.3. The number of rotatable bonds is 16. The molecule has 1 unspecified atom stereocenters. The van der Waals surface area contributed by atoms with Gasteiger partial charge in [-0.2, -0.15) is 5.06 Å². The van der Waals surface area contributed by atoms with E-state index in [4.69, 9.17) is 0 Å². The largest absolute Gasteiger partial charge is 0.376 e. The monoisotopic (exact) mass is 301 g/mol. The highest BCUT2D eigenvalue weighted by Gasteiger charge is 2.09. The Morgan fingerprint density at radius 3 is 1.43 bits per heavy atom. The van der Waals surface area contributed by atoms with Gasteiger partial charge in [0.25, 0.3) is 0 Å². The van der Waals surface area contributed by atoms with Crippen molar-refractivity contribution in [3.05, 3.63) is 0 Å². The zero-order valence-electron chi connectivity index (χ0n) is 14.5. The minimum Gasteiger partial charge on any atom is -0.376 e. The lowest BCUT2D eigenvalue weighted by molar-refractivity contribution is -0.195. The van der Waals surface area contributed by atoms with Crippen molar-refractivity contribution in [1.82, 2.24) is 5.06 Å². The van der Waals surface area contributed by atoms with Gasteiger partial charge in [-0.15, -0.1) is 0 Å². The molecule has 0 aliphatic rings. The first-order valence-electron chi connectivity index (χ1n) is 9.36. The van der Waals surface area contributed by atoms with Gasteiger partial charge in [0, 0.05) is 6.54 Å². The molecular formula is C18H39NO2. The van der Waals surface area contributed by atoms with Gasteiger partial charge in [0.1, 0.15) is 6.23 Å². The fraction of sp³-hybridized carbons (Fsp3) is 1.00. The fourth-order valence-corrected chi connectivity index (χ4v) is 2.70. The van der Waals surface area contributed by atoms with Gasteiger partial charge >= 0.3 is 0 Å². The van der Waals surface area contributed by atoms with Crippen molar-refractivity contribution < 1.29 is 10.3 Å². The summed E-state index contributed by atoms with van der Waals surface area (Å²) in [6.45, 7) is 4.59. The van der Waals surface area contributed by atoms with Crippen LogP contribution in [0.2, 0.25) is 0 Å². The summed E-state index contributed by atoms with van der Waals surface area (Å²) >= 11 is 0. The van der Waals surface area contributed by atoms with Gasteiger partial charge in [-0.1, -0.05) is 84.0 Å². The molecule has 1 atom stereocenters. The van der Waals surface area contributed by atoms with Crippen LogP contribution in [0.5, 0.6) is 0 Å². The molecule has 0 spiro atoms.